The molecule has 0 aromatic rings. The van der Waals surface area contributed by atoms with E-state index in [1.807, 2.05) is 0 Å². The second kappa shape index (κ2) is 7.02. The van der Waals surface area contributed by atoms with Crippen LogP contribution >= 0.6 is 0 Å². The molecule has 0 unspecified atom stereocenters. The van der Waals surface area contributed by atoms with Crippen molar-refractivity contribution < 1.29 is 41.5 Å². The van der Waals surface area contributed by atoms with Crippen LogP contribution in [-0.4, -0.2) is 22.2 Å². The zero-order chi connectivity index (χ0) is 12.2. The quantitative estimate of drug-likeness (QED) is 0.648. The van der Waals surface area contributed by atoms with Crippen molar-refractivity contribution in [3.63, 3.8) is 0 Å². The SMILES string of the molecule is CC(C)(C)C(=O)O.CC(C)(C)C(=O)O.[Ti]. The van der Waals surface area contributed by atoms with Crippen LogP contribution in [0.1, 0.15) is 41.5 Å². The van der Waals surface area contributed by atoms with Gasteiger partial charge in [0.2, 0.25) is 0 Å². The molecule has 0 aromatic heterocycles. The first-order valence-electron chi connectivity index (χ1n) is 4.36. The average molecular weight is 252 g/mol. The summed E-state index contributed by atoms with van der Waals surface area (Å²) in [5.41, 5.74) is -1.17. The molecule has 4 nitrogen and oxygen atoms in total. The maximum absolute atomic E-state index is 10.0. The largest absolute Gasteiger partial charge is 0.481 e. The van der Waals surface area contributed by atoms with E-state index in [0.717, 1.165) is 0 Å². The van der Waals surface area contributed by atoms with Crippen LogP contribution in [0.15, 0.2) is 0 Å². The van der Waals surface area contributed by atoms with Gasteiger partial charge in [0.05, 0.1) is 10.8 Å². The summed E-state index contributed by atoms with van der Waals surface area (Å²) < 4.78 is 0. The van der Waals surface area contributed by atoms with Crippen LogP contribution in [0, 0.1) is 10.8 Å². The summed E-state index contributed by atoms with van der Waals surface area (Å²) in [6, 6.07) is 0. The summed E-state index contributed by atoms with van der Waals surface area (Å²) in [4.78, 5) is 20.0. The molecule has 0 saturated heterocycles. The van der Waals surface area contributed by atoms with Gasteiger partial charge in [-0.2, -0.15) is 0 Å². The number of carboxylic acids is 2. The summed E-state index contributed by atoms with van der Waals surface area (Å²) >= 11 is 0. The maximum atomic E-state index is 10.0. The van der Waals surface area contributed by atoms with Gasteiger partial charge in [0.1, 0.15) is 0 Å². The van der Waals surface area contributed by atoms with Gasteiger partial charge in [-0.15, -0.1) is 0 Å². The molecular formula is C10H20O4Ti. The molecule has 0 radical (unpaired) electrons. The number of carbonyl (C=O) groups is 2. The minimum atomic E-state index is -0.757. The molecule has 0 fully saturated rings. The molecule has 0 bridgehead atoms. The summed E-state index contributed by atoms with van der Waals surface area (Å²) in [5.74, 6) is -1.51. The molecule has 0 aromatic carbocycles. The first kappa shape index (κ1) is 20.1. The van der Waals surface area contributed by atoms with Crippen molar-refractivity contribution in [3.8, 4) is 0 Å². The van der Waals surface area contributed by atoms with Crippen LogP contribution in [0.5, 0.6) is 0 Å². The Labute approximate surface area is 106 Å². The third-order valence-electron chi connectivity index (χ3n) is 1.28. The van der Waals surface area contributed by atoms with Gasteiger partial charge in [0.15, 0.2) is 0 Å². The van der Waals surface area contributed by atoms with Crippen molar-refractivity contribution >= 4 is 11.9 Å². The fourth-order valence-corrected chi connectivity index (χ4v) is 0. The zero-order valence-electron chi connectivity index (χ0n) is 10.2. The van der Waals surface area contributed by atoms with E-state index in [-0.39, 0.29) is 21.7 Å². The second-order valence-corrected chi connectivity index (χ2v) is 5.11. The predicted molar refractivity (Wildman–Crippen MR) is 54.2 cm³/mol. The molecular weight excluding hydrogens is 232 g/mol. The van der Waals surface area contributed by atoms with E-state index in [4.69, 9.17) is 10.2 Å². The number of rotatable bonds is 0. The van der Waals surface area contributed by atoms with E-state index in [1.54, 1.807) is 41.5 Å². The Morgan fingerprint density at radius 1 is 0.733 bits per heavy atom. The maximum Gasteiger partial charge on any atom is 0.308 e. The van der Waals surface area contributed by atoms with Crippen LogP contribution in [0.4, 0.5) is 0 Å². The van der Waals surface area contributed by atoms with E-state index >= 15 is 0 Å². The van der Waals surface area contributed by atoms with Crippen molar-refractivity contribution in [2.24, 2.45) is 10.8 Å². The number of carboxylic acid groups (broad SMARTS) is 2. The molecule has 15 heavy (non-hydrogen) atoms. The fraction of sp³-hybridized carbons (Fsp3) is 0.800. The first-order chi connectivity index (χ1) is 5.89. The Bertz CT molecular complexity index is 186. The van der Waals surface area contributed by atoms with Crippen LogP contribution < -0.4 is 0 Å². The average Bonchev–Trinajstić information content (AvgIpc) is 1.83. The van der Waals surface area contributed by atoms with E-state index in [2.05, 4.69) is 0 Å². The Kier molecular flexibility index (Phi) is 9.41. The fourth-order valence-electron chi connectivity index (χ4n) is 0. The molecule has 2 N–H and O–H groups in total. The van der Waals surface area contributed by atoms with Crippen molar-refractivity contribution in [2.75, 3.05) is 0 Å². The van der Waals surface area contributed by atoms with E-state index in [0.29, 0.717) is 0 Å². The van der Waals surface area contributed by atoms with Crippen molar-refractivity contribution in [1.29, 1.82) is 0 Å². The Hall–Kier alpha value is -0.346. The first-order valence-corrected chi connectivity index (χ1v) is 4.36. The van der Waals surface area contributed by atoms with Gasteiger partial charge in [-0.3, -0.25) is 9.59 Å². The smallest absolute Gasteiger partial charge is 0.308 e. The molecule has 0 amide bonds. The monoisotopic (exact) mass is 252 g/mol. The van der Waals surface area contributed by atoms with Gasteiger partial charge < -0.3 is 10.2 Å². The molecule has 0 spiro atoms. The van der Waals surface area contributed by atoms with Crippen LogP contribution in [0.2, 0.25) is 0 Å². The van der Waals surface area contributed by atoms with Crippen LogP contribution in [0.3, 0.4) is 0 Å². The van der Waals surface area contributed by atoms with Crippen LogP contribution in [0.25, 0.3) is 0 Å². The van der Waals surface area contributed by atoms with Gasteiger partial charge in [-0.1, -0.05) is 0 Å². The molecule has 0 aliphatic heterocycles. The summed E-state index contributed by atoms with van der Waals surface area (Å²) in [7, 11) is 0. The molecule has 0 rings (SSSR count). The minimum absolute atomic E-state index is 0. The predicted octanol–water partition coefficient (Wildman–Crippen LogP) is 2.23. The molecule has 88 valence electrons. The normalized spacial score (nSPS) is 10.5. The van der Waals surface area contributed by atoms with E-state index in [9.17, 15) is 9.59 Å². The second-order valence-electron chi connectivity index (χ2n) is 5.11. The molecule has 0 aliphatic carbocycles. The third kappa shape index (κ3) is 13.7. The summed E-state index contributed by atoms with van der Waals surface area (Å²) in [6.07, 6.45) is 0. The van der Waals surface area contributed by atoms with Gasteiger partial charge in [-0.25, -0.2) is 0 Å². The molecule has 0 atom stereocenters. The van der Waals surface area contributed by atoms with Crippen molar-refractivity contribution in [3.05, 3.63) is 0 Å². The van der Waals surface area contributed by atoms with Crippen molar-refractivity contribution in [2.45, 2.75) is 41.5 Å². The summed E-state index contributed by atoms with van der Waals surface area (Å²) in [6.45, 7) is 9.97. The Morgan fingerprint density at radius 2 is 0.800 bits per heavy atom. The third-order valence-corrected chi connectivity index (χ3v) is 1.28. The van der Waals surface area contributed by atoms with E-state index < -0.39 is 22.8 Å². The summed E-state index contributed by atoms with van der Waals surface area (Å²) in [5, 5.41) is 16.5. The van der Waals surface area contributed by atoms with Gasteiger partial charge in [-0.05, 0) is 41.5 Å². The number of hydrogen-bond acceptors (Lipinski definition) is 2. The molecule has 0 saturated carbocycles. The van der Waals surface area contributed by atoms with E-state index in [1.165, 1.54) is 0 Å². The van der Waals surface area contributed by atoms with Crippen LogP contribution in [-0.2, 0) is 31.3 Å². The van der Waals surface area contributed by atoms with Crippen molar-refractivity contribution in [1.82, 2.24) is 0 Å². The molecule has 5 heteroatoms. The standard InChI is InChI=1S/2C5H10O2.Ti/c2*1-5(2,3)4(6)7;/h2*1-3H3,(H,6,7);. The zero-order valence-corrected chi connectivity index (χ0v) is 11.8. The van der Waals surface area contributed by atoms with Gasteiger partial charge in [0.25, 0.3) is 0 Å². The topological polar surface area (TPSA) is 74.6 Å². The van der Waals surface area contributed by atoms with Gasteiger partial charge in [0, 0.05) is 21.7 Å². The minimum Gasteiger partial charge on any atom is -0.481 e. The van der Waals surface area contributed by atoms with Gasteiger partial charge >= 0.3 is 11.9 Å². The molecule has 0 aliphatic rings. The Morgan fingerprint density at radius 3 is 0.800 bits per heavy atom. The number of hydrogen-bond donors (Lipinski definition) is 2. The Balaban J connectivity index is -0.000000180. The molecule has 0 heterocycles. The number of aliphatic carboxylic acids is 2.